The van der Waals surface area contributed by atoms with Crippen LogP contribution >= 0.6 is 0 Å². The molecule has 90 valence electrons. The molecule has 1 rings (SSSR count). The van der Waals surface area contributed by atoms with Crippen LogP contribution in [0.4, 0.5) is 0 Å². The van der Waals surface area contributed by atoms with Crippen molar-refractivity contribution in [2.45, 2.75) is 26.3 Å². The predicted octanol–water partition coefficient (Wildman–Crippen LogP) is -0.556. The fourth-order valence-corrected chi connectivity index (χ4v) is 1.67. The number of hydrogen-bond acceptors (Lipinski definition) is 3. The molecule has 1 fully saturated rings. The highest BCUT2D eigenvalue weighted by Crippen LogP contribution is 2.17. The van der Waals surface area contributed by atoms with Crippen LogP contribution in [0.1, 0.15) is 20.3 Å². The first kappa shape index (κ1) is 12.5. The third-order valence-corrected chi connectivity index (χ3v) is 2.34. The molecular formula is C10H16N2O4. The van der Waals surface area contributed by atoms with Gasteiger partial charge in [-0.25, -0.2) is 0 Å². The van der Waals surface area contributed by atoms with Gasteiger partial charge in [-0.05, 0) is 13.8 Å². The Morgan fingerprint density at radius 3 is 2.69 bits per heavy atom. The van der Waals surface area contributed by atoms with E-state index in [0.29, 0.717) is 0 Å². The monoisotopic (exact) mass is 228 g/mol. The summed E-state index contributed by atoms with van der Waals surface area (Å²) in [7, 11) is 0. The minimum atomic E-state index is -1.06. The molecular weight excluding hydrogens is 212 g/mol. The Balaban J connectivity index is 2.52. The number of amides is 2. The van der Waals surface area contributed by atoms with Gasteiger partial charge in [0.2, 0.25) is 11.8 Å². The molecule has 0 aliphatic carbocycles. The third-order valence-electron chi connectivity index (χ3n) is 2.34. The zero-order valence-electron chi connectivity index (χ0n) is 9.40. The van der Waals surface area contributed by atoms with Gasteiger partial charge in [-0.2, -0.15) is 0 Å². The molecule has 1 aliphatic rings. The normalized spacial score (nSPS) is 20.3. The Hall–Kier alpha value is -1.59. The highest BCUT2D eigenvalue weighted by molar-refractivity contribution is 5.90. The van der Waals surface area contributed by atoms with Crippen molar-refractivity contribution in [2.24, 2.45) is 5.92 Å². The van der Waals surface area contributed by atoms with Crippen LogP contribution in [-0.2, 0) is 14.4 Å². The summed E-state index contributed by atoms with van der Waals surface area (Å²) in [5, 5.41) is 11.3. The second-order valence-corrected chi connectivity index (χ2v) is 4.23. The van der Waals surface area contributed by atoms with E-state index in [9.17, 15) is 14.4 Å². The second-order valence-electron chi connectivity index (χ2n) is 4.23. The lowest BCUT2D eigenvalue weighted by Crippen LogP contribution is -2.37. The maximum absolute atomic E-state index is 11.6. The first-order valence-electron chi connectivity index (χ1n) is 5.20. The highest BCUT2D eigenvalue weighted by atomic mass is 16.4. The number of nitrogens with one attached hydrogen (secondary N) is 1. The highest BCUT2D eigenvalue weighted by Gasteiger charge is 2.35. The molecule has 0 aromatic carbocycles. The van der Waals surface area contributed by atoms with Crippen molar-refractivity contribution in [3.05, 3.63) is 0 Å². The van der Waals surface area contributed by atoms with Crippen molar-refractivity contribution in [2.75, 3.05) is 13.1 Å². The third kappa shape index (κ3) is 3.22. The van der Waals surface area contributed by atoms with Gasteiger partial charge in [0.05, 0.1) is 5.92 Å². The van der Waals surface area contributed by atoms with Gasteiger partial charge < -0.3 is 15.3 Å². The summed E-state index contributed by atoms with van der Waals surface area (Å²) in [6, 6.07) is 0.0242. The minimum Gasteiger partial charge on any atom is -0.480 e. The fourth-order valence-electron chi connectivity index (χ4n) is 1.67. The lowest BCUT2D eigenvalue weighted by molar-refractivity contribution is -0.142. The van der Waals surface area contributed by atoms with Gasteiger partial charge in [0.1, 0.15) is 6.54 Å². The maximum atomic E-state index is 11.6. The Kier molecular flexibility index (Phi) is 3.87. The van der Waals surface area contributed by atoms with Crippen LogP contribution in [0.25, 0.3) is 0 Å². The molecule has 0 saturated carbocycles. The number of likely N-dealkylation sites (tertiary alicyclic amines) is 1. The summed E-state index contributed by atoms with van der Waals surface area (Å²) in [5.41, 5.74) is 0. The largest absolute Gasteiger partial charge is 0.480 e. The SMILES string of the molecule is CC(C)NC(=O)C1CC(=O)N(CC(=O)O)C1. The van der Waals surface area contributed by atoms with Gasteiger partial charge in [-0.15, -0.1) is 0 Å². The number of hydrogen-bond donors (Lipinski definition) is 2. The summed E-state index contributed by atoms with van der Waals surface area (Å²) in [4.78, 5) is 34.7. The summed E-state index contributed by atoms with van der Waals surface area (Å²) < 4.78 is 0. The van der Waals surface area contributed by atoms with E-state index in [1.54, 1.807) is 0 Å². The Bertz CT molecular complexity index is 314. The number of nitrogens with zero attached hydrogens (tertiary/aromatic N) is 1. The van der Waals surface area contributed by atoms with Crippen LogP contribution < -0.4 is 5.32 Å². The Morgan fingerprint density at radius 2 is 2.19 bits per heavy atom. The van der Waals surface area contributed by atoms with Gasteiger partial charge in [0.25, 0.3) is 0 Å². The quantitative estimate of drug-likeness (QED) is 0.675. The van der Waals surface area contributed by atoms with E-state index in [-0.39, 0.29) is 37.4 Å². The number of carbonyl (C=O) groups excluding carboxylic acids is 2. The second kappa shape index (κ2) is 4.96. The van der Waals surface area contributed by atoms with E-state index >= 15 is 0 Å². The Labute approximate surface area is 93.6 Å². The van der Waals surface area contributed by atoms with Crippen LogP contribution in [-0.4, -0.2) is 46.9 Å². The molecule has 1 aliphatic heterocycles. The van der Waals surface area contributed by atoms with E-state index in [2.05, 4.69) is 5.32 Å². The van der Waals surface area contributed by atoms with Crippen molar-refractivity contribution in [3.8, 4) is 0 Å². The fraction of sp³-hybridized carbons (Fsp3) is 0.700. The zero-order chi connectivity index (χ0) is 12.3. The van der Waals surface area contributed by atoms with Gasteiger partial charge >= 0.3 is 5.97 Å². The van der Waals surface area contributed by atoms with Gasteiger partial charge in [-0.3, -0.25) is 14.4 Å². The topological polar surface area (TPSA) is 86.7 Å². The van der Waals surface area contributed by atoms with E-state index in [1.807, 2.05) is 13.8 Å². The van der Waals surface area contributed by atoms with Crippen LogP contribution in [0.15, 0.2) is 0 Å². The molecule has 0 radical (unpaired) electrons. The van der Waals surface area contributed by atoms with Crippen LogP contribution in [0.5, 0.6) is 0 Å². The van der Waals surface area contributed by atoms with Crippen molar-refractivity contribution < 1.29 is 19.5 Å². The molecule has 0 aromatic heterocycles. The average molecular weight is 228 g/mol. The molecule has 1 unspecified atom stereocenters. The summed E-state index contributed by atoms with van der Waals surface area (Å²) in [6.07, 6.45) is 0.103. The van der Waals surface area contributed by atoms with Crippen LogP contribution in [0.3, 0.4) is 0 Å². The predicted molar refractivity (Wildman–Crippen MR) is 55.6 cm³/mol. The molecule has 16 heavy (non-hydrogen) atoms. The van der Waals surface area contributed by atoms with Crippen molar-refractivity contribution in [1.82, 2.24) is 10.2 Å². The lowest BCUT2D eigenvalue weighted by atomic mass is 10.1. The first-order chi connectivity index (χ1) is 7.40. The van der Waals surface area contributed by atoms with E-state index in [1.165, 1.54) is 4.90 Å². The van der Waals surface area contributed by atoms with Crippen molar-refractivity contribution in [3.63, 3.8) is 0 Å². The van der Waals surface area contributed by atoms with Gasteiger partial charge in [-0.1, -0.05) is 0 Å². The number of carboxylic acids is 1. The van der Waals surface area contributed by atoms with Gasteiger partial charge in [0, 0.05) is 19.0 Å². The summed E-state index contributed by atoms with van der Waals surface area (Å²) in [5.74, 6) is -1.94. The molecule has 6 heteroatoms. The maximum Gasteiger partial charge on any atom is 0.323 e. The molecule has 0 spiro atoms. The van der Waals surface area contributed by atoms with Crippen molar-refractivity contribution >= 4 is 17.8 Å². The van der Waals surface area contributed by atoms with Crippen LogP contribution in [0, 0.1) is 5.92 Å². The van der Waals surface area contributed by atoms with Gasteiger partial charge in [0.15, 0.2) is 0 Å². The molecule has 1 saturated heterocycles. The lowest BCUT2D eigenvalue weighted by Gasteiger charge is -2.14. The van der Waals surface area contributed by atoms with E-state index in [0.717, 1.165) is 0 Å². The Morgan fingerprint density at radius 1 is 1.56 bits per heavy atom. The standard InChI is InChI=1S/C10H16N2O4/c1-6(2)11-10(16)7-3-8(13)12(4-7)5-9(14)15/h6-7H,3-5H2,1-2H3,(H,11,16)(H,14,15). The molecule has 6 nitrogen and oxygen atoms in total. The molecule has 0 bridgehead atoms. The van der Waals surface area contributed by atoms with E-state index < -0.39 is 11.9 Å². The number of carboxylic acid groups (broad SMARTS) is 1. The van der Waals surface area contributed by atoms with E-state index in [4.69, 9.17) is 5.11 Å². The van der Waals surface area contributed by atoms with Crippen molar-refractivity contribution in [1.29, 1.82) is 0 Å². The molecule has 2 amide bonds. The smallest absolute Gasteiger partial charge is 0.323 e. The molecule has 2 N–H and O–H groups in total. The molecule has 1 heterocycles. The number of rotatable bonds is 4. The summed E-state index contributed by atoms with van der Waals surface area (Å²) in [6.45, 7) is 3.54. The number of carbonyl (C=O) groups is 3. The zero-order valence-corrected chi connectivity index (χ0v) is 9.40. The summed E-state index contributed by atoms with van der Waals surface area (Å²) >= 11 is 0. The molecule has 1 atom stereocenters. The molecule has 0 aromatic rings. The van der Waals surface area contributed by atoms with Crippen LogP contribution in [0.2, 0.25) is 0 Å². The average Bonchev–Trinajstić information content (AvgIpc) is 2.45. The number of aliphatic carboxylic acids is 1. The minimum absolute atomic E-state index is 0.0242. The first-order valence-corrected chi connectivity index (χ1v) is 5.20.